The van der Waals surface area contributed by atoms with Gasteiger partial charge in [-0.15, -0.1) is 0 Å². The third-order valence-electron chi connectivity index (χ3n) is 37.3. The average molecular weight is 1950 g/mol. The van der Waals surface area contributed by atoms with Crippen LogP contribution in [0.3, 0.4) is 0 Å². The Bertz CT molecular complexity index is 7850. The highest BCUT2D eigenvalue weighted by Crippen LogP contribution is 2.71. The van der Waals surface area contributed by atoms with Crippen LogP contribution in [-0.4, -0.2) is 0 Å². The monoisotopic (exact) mass is 1950 g/mol. The van der Waals surface area contributed by atoms with E-state index >= 15 is 0 Å². The number of nitrogens with zero attached hydrogens (tertiary/aromatic N) is 1. The van der Waals surface area contributed by atoms with Crippen molar-refractivity contribution in [3.05, 3.63) is 423 Å². The van der Waals surface area contributed by atoms with Gasteiger partial charge < -0.3 is 13.7 Å². The van der Waals surface area contributed by atoms with Crippen LogP contribution < -0.4 is 4.90 Å². The molecule has 2 aromatic heterocycles. The lowest BCUT2D eigenvalue weighted by Gasteiger charge is -2.40. The molecule has 3 heteroatoms. The number of unbranched alkanes of at least 4 members (excludes halogenated alkanes) is 24. The molecule has 0 bridgehead atoms. The minimum Gasteiger partial charge on any atom is -0.456 e. The van der Waals surface area contributed by atoms with Crippen LogP contribution in [0.25, 0.3) is 122 Å². The van der Waals surface area contributed by atoms with E-state index in [1.807, 2.05) is 0 Å². The van der Waals surface area contributed by atoms with E-state index in [4.69, 9.17) is 8.83 Å². The van der Waals surface area contributed by atoms with Crippen LogP contribution in [0.4, 0.5) is 17.1 Å². The maximum atomic E-state index is 7.83. The number of furan rings is 2. The normalized spacial score (nSPS) is 15.1. The van der Waals surface area contributed by atoms with Crippen molar-refractivity contribution in [3.8, 4) is 77.9 Å². The smallest absolute Gasteiger partial charge is 0.144 e. The summed E-state index contributed by atoms with van der Waals surface area (Å²) in [5.41, 5.74) is 45.8. The van der Waals surface area contributed by atoms with Gasteiger partial charge in [0.15, 0.2) is 0 Å². The van der Waals surface area contributed by atoms with Gasteiger partial charge in [0.2, 0.25) is 0 Å². The van der Waals surface area contributed by atoms with Gasteiger partial charge >= 0.3 is 0 Å². The summed E-state index contributed by atoms with van der Waals surface area (Å²) in [6.07, 6.45) is 44.2. The van der Waals surface area contributed by atoms with Gasteiger partial charge in [0.1, 0.15) is 22.3 Å². The van der Waals surface area contributed by atoms with E-state index in [-0.39, 0.29) is 16.2 Å². The van der Waals surface area contributed by atoms with Crippen LogP contribution in [-0.2, 0) is 32.5 Å². The molecule has 0 saturated heterocycles. The fourth-order valence-corrected chi connectivity index (χ4v) is 30.3. The number of hydrogen-bond donors (Lipinski definition) is 0. The Morgan fingerprint density at radius 2 is 0.537 bits per heavy atom. The Labute approximate surface area is 887 Å². The second-order valence-corrected chi connectivity index (χ2v) is 46.2. The Kier molecular flexibility index (Phi) is 27.2. The zero-order chi connectivity index (χ0) is 101. The summed E-state index contributed by atoms with van der Waals surface area (Å²) in [5.74, 6) is 0. The molecule has 0 spiro atoms. The number of benzene rings is 16. The van der Waals surface area contributed by atoms with Crippen LogP contribution >= 0.6 is 0 Å². The van der Waals surface area contributed by atoms with Gasteiger partial charge in [-0.3, -0.25) is 0 Å². The van der Waals surface area contributed by atoms with Crippen molar-refractivity contribution in [2.75, 3.05) is 4.90 Å². The first kappa shape index (κ1) is 98.0. The molecule has 16 aromatic carbocycles. The maximum Gasteiger partial charge on any atom is 0.144 e. The van der Waals surface area contributed by atoms with Gasteiger partial charge in [-0.2, -0.15) is 0 Å². The second-order valence-electron chi connectivity index (χ2n) is 46.2. The largest absolute Gasteiger partial charge is 0.456 e. The van der Waals surface area contributed by atoms with E-state index in [0.29, 0.717) is 0 Å². The Balaban J connectivity index is 0.753. The van der Waals surface area contributed by atoms with Gasteiger partial charge in [-0.25, -0.2) is 0 Å². The van der Waals surface area contributed by atoms with Crippen LogP contribution in [0.1, 0.15) is 376 Å². The number of para-hydroxylation sites is 2. The van der Waals surface area contributed by atoms with Crippen LogP contribution in [0, 0.1) is 0 Å². The number of fused-ring (bicyclic) bond motifs is 28. The second kappa shape index (κ2) is 41.3. The quantitative estimate of drug-likeness (QED) is 0.0357. The molecule has 0 N–H and O–H groups in total. The van der Waals surface area contributed by atoms with Crippen LogP contribution in [0.15, 0.2) is 342 Å². The van der Waals surface area contributed by atoms with Gasteiger partial charge in [0.25, 0.3) is 0 Å². The molecule has 0 saturated carbocycles. The lowest BCUT2D eigenvalue weighted by atomic mass is 9.62. The zero-order valence-electron chi connectivity index (χ0n) is 90.0. The summed E-state index contributed by atoms with van der Waals surface area (Å²) in [6, 6.07) is 133. The zero-order valence-corrected chi connectivity index (χ0v) is 90.0. The molecule has 0 radical (unpaired) electrons. The molecule has 149 heavy (non-hydrogen) atoms. The molecule has 0 fully saturated rings. The topological polar surface area (TPSA) is 29.5 Å². The van der Waals surface area contributed by atoms with Crippen molar-refractivity contribution in [2.45, 2.75) is 319 Å². The summed E-state index contributed by atoms with van der Waals surface area (Å²) >= 11 is 0. The molecule has 6 aliphatic rings. The van der Waals surface area contributed by atoms with Gasteiger partial charge in [0, 0.05) is 65.8 Å². The summed E-state index contributed by atoms with van der Waals surface area (Å²) in [5, 5.41) is 4.84. The summed E-state index contributed by atoms with van der Waals surface area (Å²) in [4.78, 5) is 2.78. The molecule has 752 valence electrons. The number of rotatable bonds is 44. The van der Waals surface area contributed by atoms with Gasteiger partial charge in [-0.05, 0) is 279 Å². The molecule has 0 unspecified atom stereocenters. The highest BCUT2D eigenvalue weighted by molar-refractivity contribution is 6.22. The Morgan fingerprint density at radius 3 is 1.04 bits per heavy atom. The van der Waals surface area contributed by atoms with Crippen molar-refractivity contribution in [2.24, 2.45) is 0 Å². The fraction of sp³-hybridized carbons (Fsp3) is 0.342. The van der Waals surface area contributed by atoms with E-state index < -0.39 is 16.2 Å². The summed E-state index contributed by atoms with van der Waals surface area (Å²) in [6.45, 7) is 19.4. The minimum absolute atomic E-state index is 0.0232. The first-order valence-corrected chi connectivity index (χ1v) is 58.6. The predicted molar refractivity (Wildman–Crippen MR) is 632 cm³/mol. The summed E-state index contributed by atoms with van der Waals surface area (Å²) in [7, 11) is 0. The van der Waals surface area contributed by atoms with Crippen molar-refractivity contribution in [3.63, 3.8) is 0 Å². The van der Waals surface area contributed by atoms with E-state index in [1.165, 1.54) is 348 Å². The van der Waals surface area contributed by atoms with Crippen molar-refractivity contribution in [1.29, 1.82) is 0 Å². The van der Waals surface area contributed by atoms with Crippen molar-refractivity contribution < 1.29 is 8.83 Å². The molecule has 0 amide bonds. The molecule has 0 atom stereocenters. The average Bonchev–Trinajstić information content (AvgIpc) is 1.50. The predicted octanol–water partition coefficient (Wildman–Crippen LogP) is 42.6. The van der Waals surface area contributed by atoms with Gasteiger partial charge in [-0.1, -0.05) is 503 Å². The molecule has 0 aliphatic heterocycles. The standard InChI is InChI=1S/C146H151NO2/c1-9-15-21-27-53-87-142(88-54-28-22-16-10-2)120-71-49-45-67-109(120)112-81-76-101(94-125(112)142)100-75-80-110-111-82-77-106(95-124(111)141(7,8)123(110)93-100)147(107-79-84-115-126(96-107)144(91-57-31-25-19-13-5,92-58-32-26-20-14-6)138-135(115)136-117-70-48-52-74-131(117)149-140(136)137-114-68-46-50-72-121(114)143(139(137)138,89-55-29-23-17-11-3)90-56-30-24-18-12-4)108-78-83-113-118-98-129-119(99-128(118)146(127(113)97-108,104-63-41-35-42-64-104)105-65-43-36-44-66-105)133-122(85-86-132-134(133)116-69-47-51-73-130(116)148-132)145(129,102-59-37-33-38-60-102)103-61-39-34-40-62-103/h33-52,59-86,93-99H,9-32,53-58,87-92H2,1-8H3. The lowest BCUT2D eigenvalue weighted by Crippen LogP contribution is -2.33. The summed E-state index contributed by atoms with van der Waals surface area (Å²) < 4.78 is 14.9. The highest BCUT2D eigenvalue weighted by atomic mass is 16.3. The van der Waals surface area contributed by atoms with E-state index in [2.05, 4.69) is 394 Å². The van der Waals surface area contributed by atoms with Crippen molar-refractivity contribution in [1.82, 2.24) is 0 Å². The molecule has 3 nitrogen and oxygen atoms in total. The first-order chi connectivity index (χ1) is 73.4. The molecule has 18 aromatic rings. The Morgan fingerprint density at radius 1 is 0.208 bits per heavy atom. The van der Waals surface area contributed by atoms with Gasteiger partial charge in [0.05, 0.1) is 10.8 Å². The first-order valence-electron chi connectivity index (χ1n) is 58.6. The molecule has 24 rings (SSSR count). The number of hydrogen-bond acceptors (Lipinski definition) is 3. The lowest BCUT2D eigenvalue weighted by molar-refractivity contribution is 0.369. The van der Waals surface area contributed by atoms with E-state index in [9.17, 15) is 0 Å². The fourth-order valence-electron chi connectivity index (χ4n) is 30.3. The third kappa shape index (κ3) is 16.1. The maximum absolute atomic E-state index is 7.83. The van der Waals surface area contributed by atoms with E-state index in [1.54, 1.807) is 27.8 Å². The number of anilines is 3. The Hall–Kier alpha value is -13.1. The van der Waals surface area contributed by atoms with E-state index in [0.717, 1.165) is 83.0 Å². The highest BCUT2D eigenvalue weighted by Gasteiger charge is 2.57. The molecular formula is C146H151NO2. The minimum atomic E-state index is -0.841. The third-order valence-corrected chi connectivity index (χ3v) is 37.3. The van der Waals surface area contributed by atoms with Crippen LogP contribution in [0.2, 0.25) is 0 Å². The molecular weight excluding hydrogens is 1800 g/mol. The van der Waals surface area contributed by atoms with Crippen LogP contribution in [0.5, 0.6) is 0 Å². The molecule has 2 heterocycles. The SMILES string of the molecule is CCCCCCCC1(CCCCCCC)c2ccccc2-c2ccc(-c3ccc4c(c3)C(C)(C)c3cc(N(c5ccc6c(c5)C(CCCCCCC)(CCCCCCC)c5c7c(c8oc9ccccc9c8c5-6)-c5ccccc5C7(CCCCCCC)CCCCCCC)c5ccc6c(c5)C(c5ccccc5)(c5ccccc5)c5cc7c(cc5-6)C(c5ccccc5)(c5ccccc5)c5ccc6oc8ccccc8c6c5-7)ccc3-4)cc21. The molecule has 6 aliphatic carbocycles. The van der Waals surface area contributed by atoms with Crippen molar-refractivity contribution >= 4 is 60.9 Å².